The summed E-state index contributed by atoms with van der Waals surface area (Å²) in [6.07, 6.45) is 1.97. The molecule has 9 rings (SSSR count). The summed E-state index contributed by atoms with van der Waals surface area (Å²) >= 11 is 1.53. The Bertz CT molecular complexity index is 1600. The molecule has 40 heavy (non-hydrogen) atoms. The summed E-state index contributed by atoms with van der Waals surface area (Å²) in [5.41, 5.74) is 2.66. The highest BCUT2D eigenvalue weighted by atomic mass is 32.2. The van der Waals surface area contributed by atoms with Gasteiger partial charge in [0, 0.05) is 24.2 Å². The number of benzene rings is 3. The van der Waals surface area contributed by atoms with E-state index in [0.29, 0.717) is 11.4 Å². The molecule has 1 saturated carbocycles. The van der Waals surface area contributed by atoms with Crippen molar-refractivity contribution in [1.29, 1.82) is 0 Å². The van der Waals surface area contributed by atoms with E-state index in [4.69, 9.17) is 0 Å². The van der Waals surface area contributed by atoms with Gasteiger partial charge in [-0.05, 0) is 47.1 Å². The smallest absolute Gasteiger partial charge is 0.240 e. The minimum Gasteiger partial charge on any atom is -0.363 e. The van der Waals surface area contributed by atoms with Crippen molar-refractivity contribution in [3.8, 4) is 0 Å². The predicted octanol–water partition coefficient (Wildman–Crippen LogP) is 4.20. The molecule has 3 aliphatic heterocycles. The lowest BCUT2D eigenvalue weighted by Crippen LogP contribution is -2.69. The molecule has 0 N–H and O–H groups in total. The molecule has 4 unspecified atom stereocenters. The third-order valence-electron chi connectivity index (χ3n) is 9.71. The number of amides is 4. The van der Waals surface area contributed by atoms with Gasteiger partial charge in [0.15, 0.2) is 0 Å². The third kappa shape index (κ3) is 2.50. The average molecular weight is 548 g/mol. The molecule has 0 aromatic heterocycles. The van der Waals surface area contributed by atoms with E-state index in [-0.39, 0.29) is 23.6 Å². The lowest BCUT2D eigenvalue weighted by Gasteiger charge is -2.58. The van der Waals surface area contributed by atoms with E-state index in [1.54, 1.807) is 48.5 Å². The van der Waals surface area contributed by atoms with Gasteiger partial charge in [-0.3, -0.25) is 19.2 Å². The number of hydrogen-bond donors (Lipinski definition) is 0. The lowest BCUT2D eigenvalue weighted by atomic mass is 9.47. The highest BCUT2D eigenvalue weighted by molar-refractivity contribution is 8.02. The number of imide groups is 2. The van der Waals surface area contributed by atoms with Crippen molar-refractivity contribution in [3.63, 3.8) is 0 Å². The Hall–Kier alpha value is -4.17. The Morgan fingerprint density at radius 2 is 1.10 bits per heavy atom. The zero-order valence-electron chi connectivity index (χ0n) is 21.9. The van der Waals surface area contributed by atoms with Crippen LogP contribution in [0, 0.1) is 29.6 Å². The number of carbonyl (C=O) groups excluding carboxylic acids is 4. The number of nitrogens with zero attached hydrogens (tertiary/aromatic N) is 3. The molecule has 4 atom stereocenters. The monoisotopic (exact) mass is 547 g/mol. The molecule has 0 radical (unpaired) electrons. The van der Waals surface area contributed by atoms with Crippen molar-refractivity contribution in [2.45, 2.75) is 5.54 Å². The van der Waals surface area contributed by atoms with Crippen LogP contribution in [0.2, 0.25) is 0 Å². The zero-order valence-corrected chi connectivity index (χ0v) is 22.7. The highest BCUT2D eigenvalue weighted by Crippen LogP contribution is 2.72. The first kappa shape index (κ1) is 23.7. The van der Waals surface area contributed by atoms with Gasteiger partial charge in [-0.25, -0.2) is 9.80 Å². The van der Waals surface area contributed by atoms with Crippen molar-refractivity contribution in [3.05, 3.63) is 95.4 Å². The maximum Gasteiger partial charge on any atom is 0.240 e. The van der Waals surface area contributed by atoms with Crippen molar-refractivity contribution in [2.24, 2.45) is 29.6 Å². The summed E-state index contributed by atoms with van der Waals surface area (Å²) in [6.45, 7) is 0. The van der Waals surface area contributed by atoms with Crippen LogP contribution in [0.1, 0.15) is 5.56 Å². The molecule has 3 aromatic rings. The van der Waals surface area contributed by atoms with Crippen LogP contribution in [-0.4, -0.2) is 42.5 Å². The van der Waals surface area contributed by atoms with E-state index in [0.717, 1.165) is 21.7 Å². The number of allylic oxidation sites excluding steroid dienone is 1. The fraction of sp³-hybridized carbons (Fsp3) is 0.250. The van der Waals surface area contributed by atoms with Gasteiger partial charge in [0.05, 0.1) is 40.6 Å². The lowest BCUT2D eigenvalue weighted by molar-refractivity contribution is -0.138. The van der Waals surface area contributed by atoms with Gasteiger partial charge < -0.3 is 4.90 Å². The molecule has 4 amide bonds. The van der Waals surface area contributed by atoms with Crippen molar-refractivity contribution in [2.75, 3.05) is 28.0 Å². The van der Waals surface area contributed by atoms with Crippen LogP contribution in [0.4, 0.5) is 17.1 Å². The predicted molar refractivity (Wildman–Crippen MR) is 153 cm³/mol. The van der Waals surface area contributed by atoms with E-state index < -0.39 is 35.1 Å². The maximum absolute atomic E-state index is 14.5. The summed E-state index contributed by atoms with van der Waals surface area (Å²) in [7, 11) is 1.91. The van der Waals surface area contributed by atoms with Gasteiger partial charge in [0.25, 0.3) is 0 Å². The van der Waals surface area contributed by atoms with Crippen LogP contribution in [0.5, 0.6) is 0 Å². The second-order valence-corrected chi connectivity index (χ2v) is 11.9. The van der Waals surface area contributed by atoms with Gasteiger partial charge in [-0.1, -0.05) is 54.6 Å². The van der Waals surface area contributed by atoms with E-state index >= 15 is 0 Å². The fourth-order valence-corrected chi connectivity index (χ4v) is 9.50. The van der Waals surface area contributed by atoms with E-state index in [2.05, 4.69) is 0 Å². The largest absolute Gasteiger partial charge is 0.363 e. The van der Waals surface area contributed by atoms with Gasteiger partial charge >= 0.3 is 0 Å². The minimum absolute atomic E-state index is 0.294. The standard InChI is InChI=1S/C32H25N3O4S/c1-33-20-16-10-9-15-19(20)24-27(40-2)21-22-25(30(38)34(28(22)36)17-11-5-3-6-12-17)32(24,33)26-23(21)29(37)35(31(26)39)18-13-7-4-8-14-18/h3-16,21-23,25-26H,1-2H3. The van der Waals surface area contributed by atoms with Gasteiger partial charge in [0.1, 0.15) is 0 Å². The first-order valence-electron chi connectivity index (χ1n) is 13.4. The number of carbonyl (C=O) groups is 4. The molecule has 1 spiro atoms. The Labute approximate surface area is 235 Å². The topological polar surface area (TPSA) is 78.0 Å². The van der Waals surface area contributed by atoms with Crippen LogP contribution in [0.3, 0.4) is 0 Å². The molecule has 3 heterocycles. The number of anilines is 3. The highest BCUT2D eigenvalue weighted by Gasteiger charge is 2.80. The summed E-state index contributed by atoms with van der Waals surface area (Å²) in [5, 5.41) is 0. The van der Waals surface area contributed by atoms with Crippen LogP contribution in [0.25, 0.3) is 5.57 Å². The second-order valence-electron chi connectivity index (χ2n) is 11.1. The first-order chi connectivity index (χ1) is 19.4. The maximum atomic E-state index is 14.5. The van der Waals surface area contributed by atoms with Gasteiger partial charge in [0.2, 0.25) is 23.6 Å². The summed E-state index contributed by atoms with van der Waals surface area (Å²) < 4.78 is 0. The molecule has 198 valence electrons. The number of thioether (sulfide) groups is 1. The van der Waals surface area contributed by atoms with E-state index in [1.165, 1.54) is 21.6 Å². The second kappa shape index (κ2) is 7.95. The quantitative estimate of drug-likeness (QED) is 0.458. The fourth-order valence-electron chi connectivity index (χ4n) is 8.46. The first-order valence-corrected chi connectivity index (χ1v) is 14.6. The van der Waals surface area contributed by atoms with Gasteiger partial charge in [-0.2, -0.15) is 0 Å². The average Bonchev–Trinajstić information content (AvgIpc) is 3.53. The molecule has 2 saturated heterocycles. The normalized spacial score (nSPS) is 31.6. The molecule has 2 bridgehead atoms. The Balaban J connectivity index is 1.42. The molecular formula is C32H25N3O4S. The molecule has 3 fully saturated rings. The third-order valence-corrected chi connectivity index (χ3v) is 10.6. The summed E-state index contributed by atoms with van der Waals surface area (Å²) in [6, 6.07) is 25.9. The number of likely N-dealkylation sites (N-methyl/N-ethyl adjacent to an activating group) is 1. The number of para-hydroxylation sites is 3. The van der Waals surface area contributed by atoms with E-state index in [9.17, 15) is 19.2 Å². The number of hydrogen-bond acceptors (Lipinski definition) is 6. The minimum atomic E-state index is -1.17. The molecular weight excluding hydrogens is 522 g/mol. The van der Waals surface area contributed by atoms with Crippen molar-refractivity contribution >= 4 is 58.0 Å². The molecule has 3 aliphatic carbocycles. The van der Waals surface area contributed by atoms with Crippen LogP contribution < -0.4 is 14.7 Å². The van der Waals surface area contributed by atoms with Crippen LogP contribution >= 0.6 is 11.8 Å². The molecule has 6 aliphatic rings. The Kier molecular flexibility index (Phi) is 4.71. The number of fused-ring (bicyclic) bond motifs is 1. The molecule has 3 aromatic carbocycles. The van der Waals surface area contributed by atoms with Crippen LogP contribution in [0.15, 0.2) is 89.8 Å². The Morgan fingerprint density at radius 3 is 1.60 bits per heavy atom. The van der Waals surface area contributed by atoms with Gasteiger partial charge in [-0.15, -0.1) is 11.8 Å². The van der Waals surface area contributed by atoms with Crippen molar-refractivity contribution < 1.29 is 19.2 Å². The SMILES string of the molecule is CSC1=C2c3ccccc3N(C)C23C2C(=O)N(c4ccccc4)C(=O)C2C1C1C(=O)N(c2ccccc2)C(=O)C13. The summed E-state index contributed by atoms with van der Waals surface area (Å²) in [4.78, 5) is 63.3. The van der Waals surface area contributed by atoms with Crippen molar-refractivity contribution in [1.82, 2.24) is 0 Å². The molecule has 7 nitrogen and oxygen atoms in total. The van der Waals surface area contributed by atoms with E-state index in [1.807, 2.05) is 54.6 Å². The summed E-state index contributed by atoms with van der Waals surface area (Å²) in [5.74, 6) is -4.87. The number of rotatable bonds is 3. The molecule has 8 heteroatoms. The zero-order chi connectivity index (χ0) is 27.5. The Morgan fingerprint density at radius 1 is 0.625 bits per heavy atom. The van der Waals surface area contributed by atoms with Crippen LogP contribution in [-0.2, 0) is 19.2 Å².